The van der Waals surface area contributed by atoms with Crippen LogP contribution in [0, 0.1) is 86.3 Å². The Hall–Kier alpha value is -3.67. The number of hydrogen-bond donors (Lipinski definition) is 0. The first-order valence-corrected chi connectivity index (χ1v) is 17.7. The first-order valence-electron chi connectivity index (χ1n) is 17.7. The maximum Gasteiger partial charge on any atom is 0.210 e. The molecule has 0 amide bonds. The van der Waals surface area contributed by atoms with E-state index >= 15 is 0 Å². The maximum absolute atomic E-state index is 11.3. The molecular weight excluding hydrogens is 620 g/mol. The van der Waals surface area contributed by atoms with Gasteiger partial charge in [-0.1, -0.05) is 147 Å². The molecule has 0 unspecified atom stereocenters. The van der Waals surface area contributed by atoms with Gasteiger partial charge in [0.05, 0.1) is 0 Å². The highest BCUT2D eigenvalue weighted by molar-refractivity contribution is 6.00. The van der Waals surface area contributed by atoms with Gasteiger partial charge in [-0.2, -0.15) is 0 Å². The van der Waals surface area contributed by atoms with Gasteiger partial charge in [0, 0.05) is 45.3 Å². The molecule has 2 aliphatic carbocycles. The molecule has 0 heterocycles. The molecular formula is C45H68O5. The number of Topliss-reactive ketones (excluding diaryl/α,β-unsaturated/α-hetero) is 4. The van der Waals surface area contributed by atoms with Crippen LogP contribution < -0.4 is 0 Å². The molecule has 50 heavy (non-hydrogen) atoms. The second kappa shape index (κ2) is 22.9. The molecule has 0 aromatic rings. The molecule has 0 aromatic carbocycles. The normalized spacial score (nSPS) is 13.5. The van der Waals surface area contributed by atoms with Crippen LogP contribution in [0.1, 0.15) is 156 Å². The third kappa shape index (κ3) is 28.2. The Morgan fingerprint density at radius 3 is 1.04 bits per heavy atom. The summed E-state index contributed by atoms with van der Waals surface area (Å²) in [7, 11) is 0. The number of hydrogen-bond acceptors (Lipinski definition) is 5. The van der Waals surface area contributed by atoms with Crippen molar-refractivity contribution in [2.45, 2.75) is 156 Å². The van der Waals surface area contributed by atoms with E-state index in [-0.39, 0.29) is 56.0 Å². The standard InChI is InChI=1S/C11H16O.C10H14O.C9H14O.C8H12O.C7H12O/c1-11(2,3)10(12)8-7-9-5-4-6-9;1-10(2,3)9(11)7-6-8-4-5-8;1-5-6-7-8(10)9(2,3)4;1-5-6-7(9)8(2,3)4;1-5-6(8)7(2,3)4/h9H,4-6H2,1-3H3;8H,4-5H2,1-3H3;5H2,1-4H3;1-4H3;5H,1H2,2-4H3. The molecule has 2 saturated carbocycles. The topological polar surface area (TPSA) is 85.3 Å². The lowest BCUT2D eigenvalue weighted by atomic mass is 9.85. The van der Waals surface area contributed by atoms with E-state index in [4.69, 9.17) is 0 Å². The third-order valence-corrected chi connectivity index (χ3v) is 6.73. The van der Waals surface area contributed by atoms with Crippen molar-refractivity contribution >= 4 is 28.9 Å². The SMILES string of the molecule is C=CC(=O)C(C)(C)C.CC#CC(=O)C(C)(C)C.CC(C)(C)C(=O)C#CC1CC1.CC(C)(C)C(=O)C#CC1CCC1.CCC#CC(=O)C(C)(C)C. The lowest BCUT2D eigenvalue weighted by molar-refractivity contribution is -0.121. The first-order chi connectivity index (χ1) is 22.4. The molecule has 278 valence electrons. The van der Waals surface area contributed by atoms with Crippen LogP contribution >= 0.6 is 0 Å². The van der Waals surface area contributed by atoms with Crippen molar-refractivity contribution in [2.24, 2.45) is 38.9 Å². The summed E-state index contributed by atoms with van der Waals surface area (Å²) in [6.45, 7) is 35.2. The van der Waals surface area contributed by atoms with Crippen LogP contribution in [0.4, 0.5) is 0 Å². The molecule has 0 saturated heterocycles. The number of allylic oxidation sites excluding steroid dienone is 1. The van der Waals surface area contributed by atoms with Crippen molar-refractivity contribution in [3.05, 3.63) is 12.7 Å². The zero-order valence-electron chi connectivity index (χ0n) is 34.7. The van der Waals surface area contributed by atoms with Gasteiger partial charge in [-0.25, -0.2) is 0 Å². The molecule has 0 atom stereocenters. The maximum atomic E-state index is 11.3. The largest absolute Gasteiger partial charge is 0.294 e. The van der Waals surface area contributed by atoms with Crippen LogP contribution in [0.3, 0.4) is 0 Å². The molecule has 2 rings (SSSR count). The van der Waals surface area contributed by atoms with Gasteiger partial charge >= 0.3 is 0 Å². The van der Waals surface area contributed by atoms with Gasteiger partial charge in [0.25, 0.3) is 0 Å². The van der Waals surface area contributed by atoms with E-state index in [9.17, 15) is 24.0 Å². The summed E-state index contributed by atoms with van der Waals surface area (Å²) in [5.74, 6) is 23.1. The van der Waals surface area contributed by atoms with Crippen molar-refractivity contribution in [2.75, 3.05) is 0 Å². The lowest BCUT2D eigenvalue weighted by Crippen LogP contribution is -2.18. The summed E-state index contributed by atoms with van der Waals surface area (Å²) in [5, 5.41) is 0. The highest BCUT2D eigenvalue weighted by Gasteiger charge is 2.23. The molecule has 5 heteroatoms. The van der Waals surface area contributed by atoms with Crippen molar-refractivity contribution in [3.63, 3.8) is 0 Å². The van der Waals surface area contributed by atoms with E-state index in [0.717, 1.165) is 6.42 Å². The number of ketones is 5. The van der Waals surface area contributed by atoms with Gasteiger partial charge in [-0.15, -0.1) is 0 Å². The first kappa shape index (κ1) is 50.7. The second-order valence-corrected chi connectivity index (χ2v) is 17.6. The average molecular weight is 689 g/mol. The van der Waals surface area contributed by atoms with Crippen LogP contribution in [0.25, 0.3) is 0 Å². The second-order valence-electron chi connectivity index (χ2n) is 17.6. The quantitative estimate of drug-likeness (QED) is 0.156. The van der Waals surface area contributed by atoms with Gasteiger partial charge < -0.3 is 0 Å². The predicted molar refractivity (Wildman–Crippen MR) is 210 cm³/mol. The van der Waals surface area contributed by atoms with E-state index in [2.05, 4.69) is 53.9 Å². The van der Waals surface area contributed by atoms with E-state index in [1.54, 1.807) is 6.92 Å². The molecule has 0 aromatic heterocycles. The summed E-state index contributed by atoms with van der Waals surface area (Å²) in [5.41, 5.74) is -1.44. The Balaban J connectivity index is -0.000000557. The van der Waals surface area contributed by atoms with Crippen molar-refractivity contribution < 1.29 is 24.0 Å². The minimum absolute atomic E-state index is 0.00463. The van der Waals surface area contributed by atoms with Crippen molar-refractivity contribution in [1.29, 1.82) is 0 Å². The minimum atomic E-state index is -0.303. The Bertz CT molecular complexity index is 1400. The van der Waals surface area contributed by atoms with E-state index in [1.165, 1.54) is 38.2 Å². The van der Waals surface area contributed by atoms with Gasteiger partial charge in [0.1, 0.15) is 0 Å². The third-order valence-electron chi connectivity index (χ3n) is 6.73. The highest BCUT2D eigenvalue weighted by Crippen LogP contribution is 2.28. The Kier molecular flexibility index (Phi) is 23.3. The average Bonchev–Trinajstić information content (AvgIpc) is 3.77. The highest BCUT2D eigenvalue weighted by atomic mass is 16.1. The summed E-state index contributed by atoms with van der Waals surface area (Å²) in [4.78, 5) is 55.2. The fourth-order valence-electron chi connectivity index (χ4n) is 2.45. The smallest absolute Gasteiger partial charge is 0.210 e. The van der Waals surface area contributed by atoms with Gasteiger partial charge in [0.15, 0.2) is 5.78 Å². The van der Waals surface area contributed by atoms with Gasteiger partial charge in [-0.05, 0) is 62.4 Å². The van der Waals surface area contributed by atoms with Crippen LogP contribution in [0.5, 0.6) is 0 Å². The molecule has 5 nitrogen and oxygen atoms in total. The Labute approximate surface area is 307 Å². The van der Waals surface area contributed by atoms with Gasteiger partial charge in [-0.3, -0.25) is 24.0 Å². The molecule has 0 aliphatic heterocycles. The Morgan fingerprint density at radius 1 is 0.540 bits per heavy atom. The van der Waals surface area contributed by atoms with Crippen LogP contribution in [0.2, 0.25) is 0 Å². The number of carbonyl (C=O) groups excluding carboxylic acids is 5. The van der Waals surface area contributed by atoms with Crippen molar-refractivity contribution in [1.82, 2.24) is 0 Å². The summed E-state index contributed by atoms with van der Waals surface area (Å²) in [6, 6.07) is 0. The van der Waals surface area contributed by atoms with Crippen molar-refractivity contribution in [3.8, 4) is 47.4 Å². The molecule has 0 bridgehead atoms. The van der Waals surface area contributed by atoms with Crippen LogP contribution in [-0.2, 0) is 24.0 Å². The molecule has 0 radical (unpaired) electrons. The molecule has 2 aliphatic rings. The van der Waals surface area contributed by atoms with E-state index < -0.39 is 0 Å². The molecule has 2 fully saturated rings. The summed E-state index contributed by atoms with van der Waals surface area (Å²) in [6.07, 6.45) is 8.13. The summed E-state index contributed by atoms with van der Waals surface area (Å²) >= 11 is 0. The Morgan fingerprint density at radius 2 is 0.860 bits per heavy atom. The minimum Gasteiger partial charge on any atom is -0.294 e. The zero-order chi connectivity index (χ0) is 40.1. The number of carbonyl (C=O) groups is 5. The molecule has 0 spiro atoms. The predicted octanol–water partition coefficient (Wildman–Crippen LogP) is 9.85. The van der Waals surface area contributed by atoms with E-state index in [1.807, 2.05) is 111 Å². The molecule has 0 N–H and O–H groups in total. The lowest BCUT2D eigenvalue weighted by Gasteiger charge is -2.19. The monoisotopic (exact) mass is 689 g/mol. The fraction of sp³-hybridized carbons (Fsp3) is 0.667. The van der Waals surface area contributed by atoms with Gasteiger partial charge in [0.2, 0.25) is 23.1 Å². The van der Waals surface area contributed by atoms with Crippen LogP contribution in [0.15, 0.2) is 12.7 Å². The van der Waals surface area contributed by atoms with Crippen LogP contribution in [-0.4, -0.2) is 28.9 Å². The number of rotatable bonds is 1. The summed E-state index contributed by atoms with van der Waals surface area (Å²) < 4.78 is 0. The fourth-order valence-corrected chi connectivity index (χ4v) is 2.45. The van der Waals surface area contributed by atoms with E-state index in [0.29, 0.717) is 11.8 Å². The zero-order valence-corrected chi connectivity index (χ0v) is 34.7.